The zero-order valence-electron chi connectivity index (χ0n) is 7.92. The fraction of sp³-hybridized carbons (Fsp3) is 0.364. The predicted octanol–water partition coefficient (Wildman–Crippen LogP) is 3.03. The van der Waals surface area contributed by atoms with Crippen molar-refractivity contribution in [3.05, 3.63) is 35.1 Å². The molecule has 74 valence electrons. The first kappa shape index (κ1) is 9.71. The van der Waals surface area contributed by atoms with Crippen LogP contribution in [0.2, 0.25) is 0 Å². The first-order valence-corrected chi connectivity index (χ1v) is 5.65. The molecule has 1 heterocycles. The Morgan fingerprint density at radius 3 is 3.07 bits per heavy atom. The van der Waals surface area contributed by atoms with E-state index in [0.717, 1.165) is 11.3 Å². The van der Waals surface area contributed by atoms with Gasteiger partial charge in [-0.3, -0.25) is 4.79 Å². The monoisotopic (exact) mass is 210 g/mol. The van der Waals surface area contributed by atoms with Gasteiger partial charge in [-0.2, -0.15) is 11.8 Å². The van der Waals surface area contributed by atoms with Gasteiger partial charge in [0.05, 0.1) is 0 Å². The molecule has 0 N–H and O–H groups in total. The molecule has 0 radical (unpaired) electrons. The lowest BCUT2D eigenvalue weighted by molar-refractivity contribution is 0.0983. The Labute approximate surface area is 86.7 Å². The average molecular weight is 210 g/mol. The number of ketones is 1. The number of hydrogen-bond acceptors (Lipinski definition) is 2. The largest absolute Gasteiger partial charge is 0.294 e. The molecule has 1 aliphatic rings. The SMILES string of the molecule is CC1CC(=O)c2cc(F)ccc2CS1. The predicted molar refractivity (Wildman–Crippen MR) is 56.1 cm³/mol. The van der Waals surface area contributed by atoms with Gasteiger partial charge in [0.1, 0.15) is 5.82 Å². The van der Waals surface area contributed by atoms with Gasteiger partial charge in [-0.1, -0.05) is 13.0 Å². The Morgan fingerprint density at radius 2 is 2.29 bits per heavy atom. The number of benzene rings is 1. The zero-order valence-corrected chi connectivity index (χ0v) is 8.73. The molecule has 0 fully saturated rings. The van der Waals surface area contributed by atoms with Crippen LogP contribution in [0.4, 0.5) is 4.39 Å². The second-order valence-corrected chi connectivity index (χ2v) is 4.98. The van der Waals surface area contributed by atoms with E-state index >= 15 is 0 Å². The van der Waals surface area contributed by atoms with Crippen LogP contribution < -0.4 is 0 Å². The van der Waals surface area contributed by atoms with Crippen molar-refractivity contribution >= 4 is 17.5 Å². The fourth-order valence-electron chi connectivity index (χ4n) is 1.60. The molecule has 3 heteroatoms. The first-order valence-electron chi connectivity index (χ1n) is 4.60. The summed E-state index contributed by atoms with van der Waals surface area (Å²) in [5, 5.41) is 0.331. The molecule has 1 aliphatic heterocycles. The number of halogens is 1. The molecule has 0 bridgehead atoms. The van der Waals surface area contributed by atoms with Crippen LogP contribution in [0.3, 0.4) is 0 Å². The summed E-state index contributed by atoms with van der Waals surface area (Å²) in [6.07, 6.45) is 0.515. The lowest BCUT2D eigenvalue weighted by Gasteiger charge is -2.02. The van der Waals surface area contributed by atoms with Gasteiger partial charge in [0.2, 0.25) is 0 Å². The first-order chi connectivity index (χ1) is 6.66. The van der Waals surface area contributed by atoms with Crippen LogP contribution in [0, 0.1) is 5.82 Å². The fourth-order valence-corrected chi connectivity index (χ4v) is 2.58. The van der Waals surface area contributed by atoms with Crippen molar-refractivity contribution in [3.8, 4) is 0 Å². The second kappa shape index (κ2) is 3.73. The Balaban J connectivity index is 2.44. The van der Waals surface area contributed by atoms with Crippen molar-refractivity contribution in [2.45, 2.75) is 24.3 Å². The molecule has 0 saturated heterocycles. The molecule has 14 heavy (non-hydrogen) atoms. The average Bonchev–Trinajstić information content (AvgIpc) is 2.27. The highest BCUT2D eigenvalue weighted by Crippen LogP contribution is 2.28. The lowest BCUT2D eigenvalue weighted by Crippen LogP contribution is -2.05. The Bertz CT molecular complexity index is 376. The van der Waals surface area contributed by atoms with E-state index in [2.05, 4.69) is 0 Å². The van der Waals surface area contributed by atoms with Crippen molar-refractivity contribution in [3.63, 3.8) is 0 Å². The number of fused-ring (bicyclic) bond motifs is 1. The highest BCUT2D eigenvalue weighted by atomic mass is 32.2. The highest BCUT2D eigenvalue weighted by molar-refractivity contribution is 7.99. The maximum atomic E-state index is 12.9. The molecule has 1 aromatic carbocycles. The van der Waals surface area contributed by atoms with Crippen LogP contribution in [-0.2, 0) is 5.75 Å². The van der Waals surface area contributed by atoms with E-state index in [4.69, 9.17) is 0 Å². The minimum atomic E-state index is -0.323. The molecule has 0 spiro atoms. The van der Waals surface area contributed by atoms with E-state index < -0.39 is 0 Å². The van der Waals surface area contributed by atoms with Crippen LogP contribution >= 0.6 is 11.8 Å². The van der Waals surface area contributed by atoms with Gasteiger partial charge in [-0.25, -0.2) is 4.39 Å². The Kier molecular flexibility index (Phi) is 2.59. The molecule has 0 aliphatic carbocycles. The number of carbonyl (C=O) groups excluding carboxylic acids is 1. The summed E-state index contributed by atoms with van der Waals surface area (Å²) in [5.41, 5.74) is 1.53. The summed E-state index contributed by atoms with van der Waals surface area (Å²) in [6.45, 7) is 2.03. The minimum Gasteiger partial charge on any atom is -0.294 e. The molecule has 0 amide bonds. The van der Waals surface area contributed by atoms with Crippen LogP contribution in [0.15, 0.2) is 18.2 Å². The van der Waals surface area contributed by atoms with E-state index in [-0.39, 0.29) is 11.6 Å². The number of Topliss-reactive ketones (excluding diaryl/α,β-unsaturated/α-hetero) is 1. The summed E-state index contributed by atoms with van der Waals surface area (Å²) in [6, 6.07) is 4.49. The van der Waals surface area contributed by atoms with Gasteiger partial charge in [0, 0.05) is 23.0 Å². The van der Waals surface area contributed by atoms with Crippen molar-refractivity contribution < 1.29 is 9.18 Å². The molecule has 1 atom stereocenters. The summed E-state index contributed by atoms with van der Waals surface area (Å²) >= 11 is 1.75. The maximum absolute atomic E-state index is 12.9. The van der Waals surface area contributed by atoms with Gasteiger partial charge in [-0.05, 0) is 17.7 Å². The van der Waals surface area contributed by atoms with Gasteiger partial charge < -0.3 is 0 Å². The topological polar surface area (TPSA) is 17.1 Å². The van der Waals surface area contributed by atoms with E-state index in [1.54, 1.807) is 17.8 Å². The van der Waals surface area contributed by atoms with Crippen LogP contribution in [0.1, 0.15) is 29.3 Å². The van der Waals surface area contributed by atoms with Crippen molar-refractivity contribution in [1.82, 2.24) is 0 Å². The third-order valence-corrected chi connectivity index (χ3v) is 3.58. The summed E-state index contributed by atoms with van der Waals surface area (Å²) in [7, 11) is 0. The quantitative estimate of drug-likeness (QED) is 0.654. The molecule has 1 unspecified atom stereocenters. The van der Waals surface area contributed by atoms with Crippen molar-refractivity contribution in [2.75, 3.05) is 0 Å². The van der Waals surface area contributed by atoms with E-state index in [1.165, 1.54) is 12.1 Å². The van der Waals surface area contributed by atoms with Gasteiger partial charge >= 0.3 is 0 Å². The molecule has 1 nitrogen and oxygen atoms in total. The standard InChI is InChI=1S/C11H11FOS/c1-7-4-11(13)10-5-9(12)3-2-8(10)6-14-7/h2-3,5,7H,4,6H2,1H3. The molecular formula is C11H11FOS. The van der Waals surface area contributed by atoms with Crippen molar-refractivity contribution in [2.24, 2.45) is 0 Å². The second-order valence-electron chi connectivity index (χ2n) is 3.55. The van der Waals surface area contributed by atoms with Crippen molar-refractivity contribution in [1.29, 1.82) is 0 Å². The van der Waals surface area contributed by atoms with E-state index in [1.807, 2.05) is 6.92 Å². The summed E-state index contributed by atoms with van der Waals surface area (Å²) in [4.78, 5) is 11.7. The summed E-state index contributed by atoms with van der Waals surface area (Å²) < 4.78 is 12.9. The number of hydrogen-bond donors (Lipinski definition) is 0. The van der Waals surface area contributed by atoms with Gasteiger partial charge in [0.25, 0.3) is 0 Å². The minimum absolute atomic E-state index is 0.0667. The normalized spacial score (nSPS) is 21.6. The number of thioether (sulfide) groups is 1. The maximum Gasteiger partial charge on any atom is 0.164 e. The Hall–Kier alpha value is -0.830. The number of carbonyl (C=O) groups is 1. The molecule has 0 saturated carbocycles. The summed E-state index contributed by atoms with van der Waals surface area (Å²) in [5.74, 6) is 0.552. The smallest absolute Gasteiger partial charge is 0.164 e. The van der Waals surface area contributed by atoms with Gasteiger partial charge in [-0.15, -0.1) is 0 Å². The molecule has 0 aromatic heterocycles. The third-order valence-electron chi connectivity index (χ3n) is 2.37. The third kappa shape index (κ3) is 1.82. The van der Waals surface area contributed by atoms with Crippen LogP contribution in [0.5, 0.6) is 0 Å². The van der Waals surface area contributed by atoms with Crippen LogP contribution in [0.25, 0.3) is 0 Å². The van der Waals surface area contributed by atoms with Gasteiger partial charge in [0.15, 0.2) is 5.78 Å². The van der Waals surface area contributed by atoms with E-state index in [9.17, 15) is 9.18 Å². The highest BCUT2D eigenvalue weighted by Gasteiger charge is 2.20. The Morgan fingerprint density at radius 1 is 1.50 bits per heavy atom. The lowest BCUT2D eigenvalue weighted by atomic mass is 10.0. The molecule has 2 rings (SSSR count). The molecule has 1 aromatic rings. The molecular weight excluding hydrogens is 199 g/mol. The zero-order chi connectivity index (χ0) is 10.1. The number of rotatable bonds is 0. The van der Waals surface area contributed by atoms with E-state index in [0.29, 0.717) is 17.2 Å². The van der Waals surface area contributed by atoms with Crippen LogP contribution in [-0.4, -0.2) is 11.0 Å².